The predicted molar refractivity (Wildman–Crippen MR) is 87.5 cm³/mol. The highest BCUT2D eigenvalue weighted by molar-refractivity contribution is 5.94. The number of carbonyl (C=O) groups is 2. The number of rotatable bonds is 4. The van der Waals surface area contributed by atoms with Crippen molar-refractivity contribution in [3.8, 4) is 0 Å². The molecule has 22 heavy (non-hydrogen) atoms. The van der Waals surface area contributed by atoms with E-state index in [1.54, 1.807) is 6.08 Å². The van der Waals surface area contributed by atoms with Crippen LogP contribution in [0.2, 0.25) is 0 Å². The monoisotopic (exact) mass is 300 g/mol. The van der Waals surface area contributed by atoms with Gasteiger partial charge in [0, 0.05) is 31.3 Å². The molecular weight excluding hydrogens is 276 g/mol. The van der Waals surface area contributed by atoms with Crippen molar-refractivity contribution in [2.45, 2.75) is 39.7 Å². The number of allylic oxidation sites excluding steroid dienone is 1. The van der Waals surface area contributed by atoms with Crippen LogP contribution < -0.4 is 5.32 Å². The highest BCUT2D eigenvalue weighted by atomic mass is 16.2. The maximum absolute atomic E-state index is 12.5. The zero-order chi connectivity index (χ0) is 15.9. The van der Waals surface area contributed by atoms with E-state index in [4.69, 9.17) is 0 Å². The summed E-state index contributed by atoms with van der Waals surface area (Å²) < 4.78 is 0. The molecular formula is C18H24N2O2. The minimum absolute atomic E-state index is 0.0946. The van der Waals surface area contributed by atoms with Crippen molar-refractivity contribution in [3.05, 3.63) is 47.0 Å². The average molecular weight is 300 g/mol. The molecule has 4 heteroatoms. The van der Waals surface area contributed by atoms with Crippen molar-refractivity contribution in [1.82, 2.24) is 10.2 Å². The Hall–Kier alpha value is -2.10. The number of likely N-dealkylation sites (tertiary alicyclic amines) is 1. The molecule has 0 atom stereocenters. The van der Waals surface area contributed by atoms with E-state index in [1.807, 2.05) is 43.0 Å². The van der Waals surface area contributed by atoms with E-state index in [1.165, 1.54) is 6.42 Å². The zero-order valence-electron chi connectivity index (χ0n) is 13.4. The minimum atomic E-state index is -0.104. The molecule has 0 aromatic heterocycles. The molecule has 2 rings (SSSR count). The van der Waals surface area contributed by atoms with Gasteiger partial charge in [-0.25, -0.2) is 0 Å². The van der Waals surface area contributed by atoms with Gasteiger partial charge in [-0.2, -0.15) is 0 Å². The van der Waals surface area contributed by atoms with Crippen LogP contribution in [0.3, 0.4) is 0 Å². The first kappa shape index (κ1) is 16.3. The summed E-state index contributed by atoms with van der Waals surface area (Å²) in [6.07, 6.45) is 4.96. The van der Waals surface area contributed by atoms with E-state index in [0.717, 1.165) is 37.1 Å². The van der Waals surface area contributed by atoms with Crippen LogP contribution in [0, 0.1) is 0 Å². The minimum Gasteiger partial charge on any atom is -0.348 e. The topological polar surface area (TPSA) is 49.4 Å². The van der Waals surface area contributed by atoms with Gasteiger partial charge in [-0.15, -0.1) is 0 Å². The van der Waals surface area contributed by atoms with Gasteiger partial charge in [-0.05, 0) is 50.8 Å². The first-order valence-corrected chi connectivity index (χ1v) is 7.87. The summed E-state index contributed by atoms with van der Waals surface area (Å²) in [4.78, 5) is 26.0. The number of hydrogen-bond acceptors (Lipinski definition) is 2. The number of piperidine rings is 1. The number of benzene rings is 1. The lowest BCUT2D eigenvalue weighted by Crippen LogP contribution is -2.35. The molecule has 0 radical (unpaired) electrons. The molecule has 0 bridgehead atoms. The Bertz CT molecular complexity index is 568. The lowest BCUT2D eigenvalue weighted by Gasteiger charge is -2.26. The summed E-state index contributed by atoms with van der Waals surface area (Å²) in [5.41, 5.74) is 2.61. The smallest absolute Gasteiger partial charge is 0.253 e. The predicted octanol–water partition coefficient (Wildman–Crippen LogP) is 2.90. The van der Waals surface area contributed by atoms with Crippen LogP contribution in [0.4, 0.5) is 0 Å². The van der Waals surface area contributed by atoms with Gasteiger partial charge in [0.25, 0.3) is 5.91 Å². The quantitative estimate of drug-likeness (QED) is 0.869. The Morgan fingerprint density at radius 3 is 2.59 bits per heavy atom. The molecule has 1 aromatic carbocycles. The van der Waals surface area contributed by atoms with Crippen molar-refractivity contribution < 1.29 is 9.59 Å². The molecule has 2 amide bonds. The van der Waals surface area contributed by atoms with Gasteiger partial charge in [0.05, 0.1) is 0 Å². The number of nitrogens with zero attached hydrogens (tertiary/aromatic N) is 1. The Balaban J connectivity index is 1.98. The molecule has 0 aliphatic carbocycles. The zero-order valence-corrected chi connectivity index (χ0v) is 13.4. The van der Waals surface area contributed by atoms with Crippen molar-refractivity contribution >= 4 is 11.8 Å². The molecule has 1 fully saturated rings. The van der Waals surface area contributed by atoms with Gasteiger partial charge in [0.1, 0.15) is 0 Å². The highest BCUT2D eigenvalue weighted by Gasteiger charge is 2.18. The Labute approximate surface area is 132 Å². The van der Waals surface area contributed by atoms with Crippen LogP contribution in [0.25, 0.3) is 0 Å². The number of nitrogens with one attached hydrogen (secondary N) is 1. The van der Waals surface area contributed by atoms with E-state index < -0.39 is 0 Å². The molecule has 0 unspecified atom stereocenters. The number of amides is 2. The van der Waals surface area contributed by atoms with Gasteiger partial charge in [-0.1, -0.05) is 17.7 Å². The van der Waals surface area contributed by atoms with Crippen molar-refractivity contribution in [3.63, 3.8) is 0 Å². The second-order valence-corrected chi connectivity index (χ2v) is 5.99. The molecule has 1 aromatic rings. The summed E-state index contributed by atoms with van der Waals surface area (Å²) in [6.45, 7) is 5.90. The van der Waals surface area contributed by atoms with Gasteiger partial charge in [0.15, 0.2) is 0 Å². The van der Waals surface area contributed by atoms with E-state index in [-0.39, 0.29) is 11.8 Å². The fraction of sp³-hybridized carbons (Fsp3) is 0.444. The standard InChI is InChI=1S/C18H24N2O2/c1-14(2)11-17(21)19-13-15-7-6-8-16(12-15)18(22)20-9-4-3-5-10-20/h6-8,11-12H,3-5,9-10,13H2,1-2H3,(H,19,21). The molecule has 1 saturated heterocycles. The average Bonchev–Trinajstić information content (AvgIpc) is 2.53. The molecule has 1 N–H and O–H groups in total. The largest absolute Gasteiger partial charge is 0.348 e. The van der Waals surface area contributed by atoms with Crippen LogP contribution in [-0.2, 0) is 11.3 Å². The Kier molecular flexibility index (Phi) is 5.75. The van der Waals surface area contributed by atoms with Crippen LogP contribution in [-0.4, -0.2) is 29.8 Å². The first-order chi connectivity index (χ1) is 10.6. The van der Waals surface area contributed by atoms with Crippen LogP contribution >= 0.6 is 0 Å². The fourth-order valence-electron chi connectivity index (χ4n) is 2.60. The van der Waals surface area contributed by atoms with Gasteiger partial charge < -0.3 is 10.2 Å². The molecule has 0 spiro atoms. The van der Waals surface area contributed by atoms with E-state index in [0.29, 0.717) is 12.1 Å². The van der Waals surface area contributed by atoms with Crippen LogP contribution in [0.1, 0.15) is 49.0 Å². The maximum Gasteiger partial charge on any atom is 0.253 e. The Morgan fingerprint density at radius 1 is 1.18 bits per heavy atom. The van der Waals surface area contributed by atoms with Gasteiger partial charge in [0.2, 0.25) is 5.91 Å². The van der Waals surface area contributed by atoms with Gasteiger partial charge >= 0.3 is 0 Å². The first-order valence-electron chi connectivity index (χ1n) is 7.87. The highest BCUT2D eigenvalue weighted by Crippen LogP contribution is 2.14. The third kappa shape index (κ3) is 4.72. The third-order valence-corrected chi connectivity index (χ3v) is 3.70. The second-order valence-electron chi connectivity index (χ2n) is 5.99. The molecule has 1 aliphatic heterocycles. The summed E-state index contributed by atoms with van der Waals surface area (Å²) in [5.74, 6) is -0.00932. The third-order valence-electron chi connectivity index (χ3n) is 3.70. The van der Waals surface area contributed by atoms with E-state index >= 15 is 0 Å². The normalized spacial score (nSPS) is 14.4. The van der Waals surface area contributed by atoms with Crippen molar-refractivity contribution in [2.75, 3.05) is 13.1 Å². The lowest BCUT2D eigenvalue weighted by atomic mass is 10.1. The van der Waals surface area contributed by atoms with Crippen molar-refractivity contribution in [1.29, 1.82) is 0 Å². The summed E-state index contributed by atoms with van der Waals surface area (Å²) in [5, 5.41) is 2.84. The Morgan fingerprint density at radius 2 is 1.91 bits per heavy atom. The maximum atomic E-state index is 12.5. The molecule has 1 aliphatic rings. The molecule has 118 valence electrons. The lowest BCUT2D eigenvalue weighted by molar-refractivity contribution is -0.116. The second kappa shape index (κ2) is 7.78. The molecule has 4 nitrogen and oxygen atoms in total. The molecule has 0 saturated carbocycles. The fourth-order valence-corrected chi connectivity index (χ4v) is 2.60. The number of hydrogen-bond donors (Lipinski definition) is 1. The summed E-state index contributed by atoms with van der Waals surface area (Å²) in [6, 6.07) is 7.52. The van der Waals surface area contributed by atoms with E-state index in [9.17, 15) is 9.59 Å². The number of carbonyl (C=O) groups excluding carboxylic acids is 2. The molecule has 1 heterocycles. The summed E-state index contributed by atoms with van der Waals surface area (Å²) >= 11 is 0. The van der Waals surface area contributed by atoms with Crippen LogP contribution in [0.5, 0.6) is 0 Å². The van der Waals surface area contributed by atoms with Crippen LogP contribution in [0.15, 0.2) is 35.9 Å². The summed E-state index contributed by atoms with van der Waals surface area (Å²) in [7, 11) is 0. The SMILES string of the molecule is CC(C)=CC(=O)NCc1cccc(C(=O)N2CCCCC2)c1. The van der Waals surface area contributed by atoms with E-state index in [2.05, 4.69) is 5.32 Å². The van der Waals surface area contributed by atoms with Gasteiger partial charge in [-0.3, -0.25) is 9.59 Å². The van der Waals surface area contributed by atoms with Crippen molar-refractivity contribution in [2.24, 2.45) is 0 Å².